The number of nitrogens with zero attached hydrogens (tertiary/aromatic N) is 3. The molecule has 120 valence electrons. The van der Waals surface area contributed by atoms with E-state index in [1.54, 1.807) is 11.3 Å². The number of aryl methyl sites for hydroxylation is 1. The molecule has 2 rings (SSSR count). The van der Waals surface area contributed by atoms with Gasteiger partial charge in [0.1, 0.15) is 0 Å². The molecule has 0 amide bonds. The quantitative estimate of drug-likeness (QED) is 0.746. The van der Waals surface area contributed by atoms with E-state index in [1.807, 2.05) is 0 Å². The second-order valence-corrected chi connectivity index (χ2v) is 6.83. The van der Waals surface area contributed by atoms with Crippen LogP contribution in [0.1, 0.15) is 43.6 Å². The second-order valence-electron chi connectivity index (χ2n) is 4.97. The fraction of sp³-hybridized carbons (Fsp3) is 0.500. The molecule has 2 unspecified atom stereocenters. The van der Waals surface area contributed by atoms with Crippen LogP contribution in [-0.4, -0.2) is 21.0 Å². The number of halogens is 2. The first-order valence-corrected chi connectivity index (χ1v) is 8.80. The molecule has 2 heterocycles. The first kappa shape index (κ1) is 17.1. The Balaban J connectivity index is 2.02. The van der Waals surface area contributed by atoms with Gasteiger partial charge in [0.2, 0.25) is 11.9 Å². The lowest BCUT2D eigenvalue weighted by atomic mass is 10.1. The molecule has 0 bridgehead atoms. The average Bonchev–Trinajstić information content (AvgIpc) is 2.88. The molecule has 0 saturated carbocycles. The summed E-state index contributed by atoms with van der Waals surface area (Å²) in [5.74, 6) is 0.433. The number of thiophene rings is 1. The Morgan fingerprint density at radius 3 is 2.77 bits per heavy atom. The van der Waals surface area contributed by atoms with Crippen LogP contribution in [0.4, 0.5) is 16.3 Å². The maximum absolute atomic E-state index is 13.4. The van der Waals surface area contributed by atoms with E-state index in [9.17, 15) is 4.39 Å². The highest BCUT2D eigenvalue weighted by molar-refractivity contribution is 9.10. The lowest BCUT2D eigenvalue weighted by molar-refractivity contribution is 0.356. The van der Waals surface area contributed by atoms with Crippen LogP contribution >= 0.6 is 27.3 Å². The predicted molar refractivity (Wildman–Crippen MR) is 91.8 cm³/mol. The van der Waals surface area contributed by atoms with Crippen molar-refractivity contribution in [2.75, 3.05) is 11.1 Å². The van der Waals surface area contributed by atoms with Crippen molar-refractivity contribution in [1.29, 1.82) is 0 Å². The third kappa shape index (κ3) is 4.61. The second kappa shape index (κ2) is 7.82. The van der Waals surface area contributed by atoms with Crippen LogP contribution in [0.5, 0.6) is 0 Å². The number of aromatic nitrogens is 3. The Hall–Kier alpha value is -1.28. The zero-order valence-electron chi connectivity index (χ0n) is 12.5. The van der Waals surface area contributed by atoms with E-state index < -0.39 is 6.17 Å². The Bertz CT molecular complexity index is 619. The zero-order chi connectivity index (χ0) is 16.1. The van der Waals surface area contributed by atoms with Crippen LogP contribution in [0.15, 0.2) is 15.9 Å². The van der Waals surface area contributed by atoms with Crippen molar-refractivity contribution in [3.63, 3.8) is 0 Å². The van der Waals surface area contributed by atoms with Gasteiger partial charge in [-0.25, -0.2) is 4.39 Å². The van der Waals surface area contributed by atoms with Gasteiger partial charge in [-0.2, -0.15) is 15.0 Å². The smallest absolute Gasteiger partial charge is 0.228 e. The lowest BCUT2D eigenvalue weighted by Gasteiger charge is -2.17. The summed E-state index contributed by atoms with van der Waals surface area (Å²) in [4.78, 5) is 13.2. The molecule has 2 aromatic heterocycles. The van der Waals surface area contributed by atoms with E-state index in [0.29, 0.717) is 5.95 Å². The standard InChI is InChI=1S/C14H19BrFN5S/c1-3-9(4-5-11-10(15)6-7-22-11)18-14-20-12(8(2)16)19-13(17)21-14/h6-9H,3-5H2,1-2H3,(H3,17,18,19,20,21). The molecule has 0 aromatic carbocycles. The van der Waals surface area contributed by atoms with Crippen LogP contribution < -0.4 is 11.1 Å². The van der Waals surface area contributed by atoms with Gasteiger partial charge in [-0.3, -0.25) is 0 Å². The van der Waals surface area contributed by atoms with Crippen LogP contribution in [-0.2, 0) is 6.42 Å². The van der Waals surface area contributed by atoms with Gasteiger partial charge in [-0.15, -0.1) is 11.3 Å². The Labute approximate surface area is 141 Å². The number of hydrogen-bond acceptors (Lipinski definition) is 6. The molecule has 8 heteroatoms. The Kier molecular flexibility index (Phi) is 6.07. The minimum Gasteiger partial charge on any atom is -0.368 e. The normalized spacial score (nSPS) is 13.8. The predicted octanol–water partition coefficient (Wildman–Crippen LogP) is 4.13. The molecule has 22 heavy (non-hydrogen) atoms. The minimum atomic E-state index is -1.27. The highest BCUT2D eigenvalue weighted by Gasteiger charge is 2.14. The Morgan fingerprint density at radius 1 is 1.41 bits per heavy atom. The summed E-state index contributed by atoms with van der Waals surface area (Å²) in [6.45, 7) is 3.47. The van der Waals surface area contributed by atoms with Crippen LogP contribution in [0.2, 0.25) is 0 Å². The summed E-state index contributed by atoms with van der Waals surface area (Å²) in [5.41, 5.74) is 5.61. The van der Waals surface area contributed by atoms with Gasteiger partial charge in [-0.05, 0) is 53.6 Å². The van der Waals surface area contributed by atoms with E-state index in [4.69, 9.17) is 5.73 Å². The van der Waals surface area contributed by atoms with Crippen molar-refractivity contribution in [3.8, 4) is 0 Å². The van der Waals surface area contributed by atoms with E-state index in [0.717, 1.165) is 23.7 Å². The Morgan fingerprint density at radius 2 is 2.18 bits per heavy atom. The third-order valence-electron chi connectivity index (χ3n) is 3.26. The van der Waals surface area contributed by atoms with Crippen molar-refractivity contribution in [2.45, 2.75) is 45.3 Å². The first-order chi connectivity index (χ1) is 10.5. The van der Waals surface area contributed by atoms with Crippen molar-refractivity contribution >= 4 is 39.2 Å². The van der Waals surface area contributed by atoms with Gasteiger partial charge in [0.05, 0.1) is 0 Å². The summed E-state index contributed by atoms with van der Waals surface area (Å²) in [6.07, 6.45) is 1.53. The summed E-state index contributed by atoms with van der Waals surface area (Å²) < 4.78 is 14.5. The summed E-state index contributed by atoms with van der Waals surface area (Å²) in [5, 5.41) is 5.29. The zero-order valence-corrected chi connectivity index (χ0v) is 14.9. The maximum atomic E-state index is 13.4. The molecule has 0 radical (unpaired) electrons. The van der Waals surface area contributed by atoms with E-state index in [2.05, 4.69) is 54.6 Å². The van der Waals surface area contributed by atoms with E-state index in [1.165, 1.54) is 11.8 Å². The fourth-order valence-electron chi connectivity index (χ4n) is 2.02. The van der Waals surface area contributed by atoms with Crippen molar-refractivity contribution in [3.05, 3.63) is 26.6 Å². The largest absolute Gasteiger partial charge is 0.368 e. The first-order valence-electron chi connectivity index (χ1n) is 7.13. The molecule has 3 N–H and O–H groups in total. The van der Waals surface area contributed by atoms with Gasteiger partial charge in [0.25, 0.3) is 0 Å². The number of hydrogen-bond donors (Lipinski definition) is 2. The van der Waals surface area contributed by atoms with Crippen LogP contribution in [0.3, 0.4) is 0 Å². The molecular formula is C14H19BrFN5S. The molecule has 0 aliphatic heterocycles. The van der Waals surface area contributed by atoms with Crippen LogP contribution in [0.25, 0.3) is 0 Å². The van der Waals surface area contributed by atoms with Crippen LogP contribution in [0, 0.1) is 0 Å². The van der Waals surface area contributed by atoms with Gasteiger partial charge in [0.15, 0.2) is 12.0 Å². The summed E-state index contributed by atoms with van der Waals surface area (Å²) in [6, 6.07) is 2.24. The monoisotopic (exact) mass is 387 g/mol. The molecule has 0 aliphatic carbocycles. The van der Waals surface area contributed by atoms with Gasteiger partial charge < -0.3 is 11.1 Å². The molecule has 0 saturated heterocycles. The molecule has 0 aliphatic rings. The number of alkyl halides is 1. The molecular weight excluding hydrogens is 369 g/mol. The summed E-state index contributed by atoms with van der Waals surface area (Å²) in [7, 11) is 0. The number of rotatable bonds is 7. The molecule has 2 aromatic rings. The SMILES string of the molecule is CCC(CCc1sccc1Br)Nc1nc(N)nc(C(C)F)n1. The van der Waals surface area contributed by atoms with E-state index >= 15 is 0 Å². The van der Waals surface area contributed by atoms with Gasteiger partial charge in [0, 0.05) is 15.4 Å². The average molecular weight is 388 g/mol. The minimum absolute atomic E-state index is 0.0351. The lowest BCUT2D eigenvalue weighted by Crippen LogP contribution is -2.22. The summed E-state index contributed by atoms with van der Waals surface area (Å²) >= 11 is 5.27. The van der Waals surface area contributed by atoms with Gasteiger partial charge in [-0.1, -0.05) is 6.92 Å². The molecule has 0 fully saturated rings. The topological polar surface area (TPSA) is 76.7 Å². The van der Waals surface area contributed by atoms with Gasteiger partial charge >= 0.3 is 0 Å². The van der Waals surface area contributed by atoms with Crippen molar-refractivity contribution < 1.29 is 4.39 Å². The highest BCUT2D eigenvalue weighted by Crippen LogP contribution is 2.25. The number of nitrogen functional groups attached to an aromatic ring is 1. The number of nitrogens with two attached hydrogens (primary N) is 1. The maximum Gasteiger partial charge on any atom is 0.228 e. The number of anilines is 2. The van der Waals surface area contributed by atoms with E-state index in [-0.39, 0.29) is 17.8 Å². The van der Waals surface area contributed by atoms with Crippen molar-refractivity contribution in [1.82, 2.24) is 15.0 Å². The highest BCUT2D eigenvalue weighted by atomic mass is 79.9. The number of nitrogens with one attached hydrogen (secondary N) is 1. The molecule has 0 spiro atoms. The fourth-order valence-corrected chi connectivity index (χ4v) is 3.59. The van der Waals surface area contributed by atoms with Crippen molar-refractivity contribution in [2.24, 2.45) is 0 Å². The molecule has 5 nitrogen and oxygen atoms in total. The molecule has 2 atom stereocenters. The third-order valence-corrected chi connectivity index (χ3v) is 5.25.